The predicted octanol–water partition coefficient (Wildman–Crippen LogP) is 2.53. The van der Waals surface area contributed by atoms with E-state index in [1.165, 1.54) is 7.11 Å². The fourth-order valence-electron chi connectivity index (χ4n) is 1.51. The lowest BCUT2D eigenvalue weighted by Gasteiger charge is -2.08. The van der Waals surface area contributed by atoms with E-state index in [9.17, 15) is 0 Å². The minimum atomic E-state index is 0.299. The van der Waals surface area contributed by atoms with Gasteiger partial charge in [0.2, 0.25) is 11.8 Å². The van der Waals surface area contributed by atoms with Gasteiger partial charge in [-0.25, -0.2) is 0 Å². The lowest BCUT2D eigenvalue weighted by Crippen LogP contribution is -1.97. The van der Waals surface area contributed by atoms with E-state index in [2.05, 4.69) is 11.1 Å². The van der Waals surface area contributed by atoms with Crippen molar-refractivity contribution in [3.63, 3.8) is 0 Å². The third-order valence-corrected chi connectivity index (χ3v) is 2.49. The molecule has 0 saturated heterocycles. The second kappa shape index (κ2) is 5.74. The van der Waals surface area contributed by atoms with Crippen molar-refractivity contribution in [2.75, 3.05) is 12.8 Å². The summed E-state index contributed by atoms with van der Waals surface area (Å²) in [6, 6.07) is 12.6. The number of methoxy groups -OCH3 is 1. The van der Waals surface area contributed by atoms with Crippen LogP contribution in [0.3, 0.4) is 0 Å². The van der Waals surface area contributed by atoms with Gasteiger partial charge >= 0.3 is 0 Å². The number of nitriles is 1. The van der Waals surface area contributed by atoms with Gasteiger partial charge in [-0.3, -0.25) is 0 Å². The van der Waals surface area contributed by atoms with Crippen LogP contribution in [0.25, 0.3) is 0 Å². The first kappa shape index (κ1) is 12.7. The number of pyridine rings is 1. The van der Waals surface area contributed by atoms with Crippen molar-refractivity contribution >= 4 is 5.69 Å². The Morgan fingerprint density at radius 3 is 2.58 bits per heavy atom. The summed E-state index contributed by atoms with van der Waals surface area (Å²) >= 11 is 0. The van der Waals surface area contributed by atoms with E-state index in [1.54, 1.807) is 24.3 Å². The lowest BCUT2D eigenvalue weighted by atomic mass is 10.2. The molecule has 0 atom stereocenters. The SMILES string of the molecule is COc1ccc(N)c(Oc2ccc(CC#N)cc2)n1. The Hall–Kier alpha value is -2.74. The molecule has 0 unspecified atom stereocenters. The summed E-state index contributed by atoms with van der Waals surface area (Å²) in [4.78, 5) is 4.12. The number of rotatable bonds is 4. The number of anilines is 1. The van der Waals surface area contributed by atoms with Crippen LogP contribution in [0.2, 0.25) is 0 Å². The number of nitrogens with two attached hydrogens (primary N) is 1. The molecule has 0 aliphatic carbocycles. The number of ether oxygens (including phenoxy) is 2. The molecule has 2 aromatic rings. The first-order valence-electron chi connectivity index (χ1n) is 5.67. The van der Waals surface area contributed by atoms with Crippen LogP contribution in [0.5, 0.6) is 17.5 Å². The van der Waals surface area contributed by atoms with E-state index in [1.807, 2.05) is 12.1 Å². The van der Waals surface area contributed by atoms with Crippen molar-refractivity contribution in [3.8, 4) is 23.6 Å². The average molecular weight is 255 g/mol. The Balaban J connectivity index is 2.19. The molecule has 0 aliphatic rings. The summed E-state index contributed by atoms with van der Waals surface area (Å²) < 4.78 is 10.6. The largest absolute Gasteiger partial charge is 0.481 e. The molecule has 0 amide bonds. The molecule has 2 rings (SSSR count). The first-order chi connectivity index (χ1) is 9.22. The lowest BCUT2D eigenvalue weighted by molar-refractivity contribution is 0.384. The minimum Gasteiger partial charge on any atom is -0.481 e. The second-order valence-corrected chi connectivity index (χ2v) is 3.83. The Kier molecular flexibility index (Phi) is 3.84. The van der Waals surface area contributed by atoms with Gasteiger partial charge in [0.1, 0.15) is 5.75 Å². The Labute approximate surface area is 111 Å². The highest BCUT2D eigenvalue weighted by atomic mass is 16.5. The van der Waals surface area contributed by atoms with E-state index in [0.717, 1.165) is 5.56 Å². The second-order valence-electron chi connectivity index (χ2n) is 3.83. The quantitative estimate of drug-likeness (QED) is 0.907. The molecular formula is C14H13N3O2. The smallest absolute Gasteiger partial charge is 0.246 e. The molecule has 5 nitrogen and oxygen atoms in total. The maximum absolute atomic E-state index is 8.60. The molecule has 0 aliphatic heterocycles. The third-order valence-electron chi connectivity index (χ3n) is 2.49. The summed E-state index contributed by atoms with van der Waals surface area (Å²) in [5, 5.41) is 8.60. The molecule has 5 heteroatoms. The van der Waals surface area contributed by atoms with Gasteiger partial charge < -0.3 is 15.2 Å². The van der Waals surface area contributed by atoms with E-state index in [0.29, 0.717) is 29.6 Å². The molecule has 0 spiro atoms. The normalized spacial score (nSPS) is 9.68. The molecule has 0 saturated carbocycles. The van der Waals surface area contributed by atoms with Crippen molar-refractivity contribution in [2.24, 2.45) is 0 Å². The van der Waals surface area contributed by atoms with Crippen molar-refractivity contribution in [1.29, 1.82) is 5.26 Å². The standard InChI is InChI=1S/C14H13N3O2/c1-18-13-7-6-12(16)14(17-13)19-11-4-2-10(3-5-11)8-9-15/h2-7H,8,16H2,1H3. The van der Waals surface area contributed by atoms with Gasteiger partial charge in [-0.05, 0) is 23.8 Å². The number of hydrogen-bond donors (Lipinski definition) is 1. The van der Waals surface area contributed by atoms with Crippen molar-refractivity contribution < 1.29 is 9.47 Å². The maximum Gasteiger partial charge on any atom is 0.246 e. The number of nitrogens with zero attached hydrogens (tertiary/aromatic N) is 2. The van der Waals surface area contributed by atoms with Gasteiger partial charge in [0.15, 0.2) is 0 Å². The van der Waals surface area contributed by atoms with Gasteiger partial charge in [0.25, 0.3) is 0 Å². The molecule has 1 aromatic carbocycles. The molecule has 1 aromatic heterocycles. The van der Waals surface area contributed by atoms with Gasteiger partial charge in [0, 0.05) is 6.07 Å². The fraction of sp³-hybridized carbons (Fsp3) is 0.143. The van der Waals surface area contributed by atoms with Crippen molar-refractivity contribution in [3.05, 3.63) is 42.0 Å². The number of hydrogen-bond acceptors (Lipinski definition) is 5. The topological polar surface area (TPSA) is 81.2 Å². The van der Waals surface area contributed by atoms with Crippen LogP contribution >= 0.6 is 0 Å². The summed E-state index contributed by atoms with van der Waals surface area (Å²) in [6.07, 6.45) is 0.375. The number of nitrogen functional groups attached to an aromatic ring is 1. The highest BCUT2D eigenvalue weighted by Crippen LogP contribution is 2.27. The van der Waals surface area contributed by atoms with Crippen molar-refractivity contribution in [1.82, 2.24) is 4.98 Å². The third kappa shape index (κ3) is 3.13. The first-order valence-corrected chi connectivity index (χ1v) is 5.67. The molecule has 0 fully saturated rings. The van der Waals surface area contributed by atoms with E-state index >= 15 is 0 Å². The number of benzene rings is 1. The molecule has 19 heavy (non-hydrogen) atoms. The van der Waals surface area contributed by atoms with Gasteiger partial charge in [0.05, 0.1) is 25.3 Å². The van der Waals surface area contributed by atoms with E-state index in [4.69, 9.17) is 20.5 Å². The summed E-state index contributed by atoms with van der Waals surface area (Å²) in [5.41, 5.74) is 7.15. The molecular weight excluding hydrogens is 242 g/mol. The van der Waals surface area contributed by atoms with Crippen LogP contribution in [0.1, 0.15) is 5.56 Å². The average Bonchev–Trinajstić information content (AvgIpc) is 2.44. The zero-order valence-electron chi connectivity index (χ0n) is 10.5. The zero-order chi connectivity index (χ0) is 13.7. The Bertz CT molecular complexity index is 603. The fourth-order valence-corrected chi connectivity index (χ4v) is 1.51. The van der Waals surface area contributed by atoms with E-state index < -0.39 is 0 Å². The highest BCUT2D eigenvalue weighted by molar-refractivity contribution is 5.51. The maximum atomic E-state index is 8.60. The molecule has 0 bridgehead atoms. The van der Waals surface area contributed by atoms with E-state index in [-0.39, 0.29) is 0 Å². The van der Waals surface area contributed by atoms with Crippen LogP contribution in [0.15, 0.2) is 36.4 Å². The van der Waals surface area contributed by atoms with Crippen LogP contribution in [-0.2, 0) is 6.42 Å². The van der Waals surface area contributed by atoms with Crippen molar-refractivity contribution in [2.45, 2.75) is 6.42 Å². The zero-order valence-corrected chi connectivity index (χ0v) is 10.5. The molecule has 96 valence electrons. The summed E-state index contributed by atoms with van der Waals surface area (Å²) in [7, 11) is 1.53. The minimum absolute atomic E-state index is 0.299. The summed E-state index contributed by atoms with van der Waals surface area (Å²) in [5.74, 6) is 1.34. The van der Waals surface area contributed by atoms with Gasteiger partial charge in [-0.15, -0.1) is 0 Å². The van der Waals surface area contributed by atoms with Crippen LogP contribution < -0.4 is 15.2 Å². The number of aromatic nitrogens is 1. The van der Waals surface area contributed by atoms with Gasteiger partial charge in [-0.2, -0.15) is 10.2 Å². The molecule has 1 heterocycles. The van der Waals surface area contributed by atoms with Crippen LogP contribution in [0.4, 0.5) is 5.69 Å². The Morgan fingerprint density at radius 2 is 1.95 bits per heavy atom. The summed E-state index contributed by atoms with van der Waals surface area (Å²) in [6.45, 7) is 0. The Morgan fingerprint density at radius 1 is 1.21 bits per heavy atom. The monoisotopic (exact) mass is 255 g/mol. The molecule has 0 radical (unpaired) electrons. The van der Waals surface area contributed by atoms with Crippen LogP contribution in [0, 0.1) is 11.3 Å². The van der Waals surface area contributed by atoms with Crippen LogP contribution in [-0.4, -0.2) is 12.1 Å². The van der Waals surface area contributed by atoms with Gasteiger partial charge in [-0.1, -0.05) is 12.1 Å². The molecule has 2 N–H and O–H groups in total. The predicted molar refractivity (Wildman–Crippen MR) is 71.0 cm³/mol. The highest BCUT2D eigenvalue weighted by Gasteiger charge is 2.06.